The van der Waals surface area contributed by atoms with E-state index in [1.807, 2.05) is 0 Å². The van der Waals surface area contributed by atoms with Crippen molar-refractivity contribution in [1.82, 2.24) is 0 Å². The van der Waals surface area contributed by atoms with Crippen LogP contribution in [0.2, 0.25) is 0 Å². The van der Waals surface area contributed by atoms with E-state index in [1.165, 1.54) is 14.2 Å². The van der Waals surface area contributed by atoms with E-state index in [4.69, 9.17) is 24.4 Å². The molecule has 148 valence electrons. The number of methoxy groups -OCH3 is 2. The number of hydrogen-bond donors (Lipinski definition) is 1. The molecule has 1 aliphatic carbocycles. The van der Waals surface area contributed by atoms with Crippen LogP contribution in [0, 0.1) is 56.2 Å². The van der Waals surface area contributed by atoms with Gasteiger partial charge in [-0.2, -0.15) is 15.8 Å². The number of nitriles is 3. The lowest BCUT2D eigenvalue weighted by Crippen LogP contribution is -2.73. The van der Waals surface area contributed by atoms with Gasteiger partial charge in [-0.15, -0.1) is 0 Å². The Hall–Kier alpha value is -3.28. The van der Waals surface area contributed by atoms with Crippen LogP contribution in [-0.4, -0.2) is 25.9 Å². The second kappa shape index (κ2) is 6.37. The summed E-state index contributed by atoms with van der Waals surface area (Å²) in [6.07, 6.45) is 1.44. The summed E-state index contributed by atoms with van der Waals surface area (Å²) in [6.45, 7) is 0. The number of rotatable bonds is 3. The SMILES string of the molecule is COc1ccc(OC)c([C@H]2O[C@@]34CCCC[C@@H]3C(C#N)(C#N)[C@]2(C#N)C(=N)O4)c1. The Morgan fingerprint density at radius 1 is 1.10 bits per heavy atom. The molecule has 29 heavy (non-hydrogen) atoms. The van der Waals surface area contributed by atoms with Crippen molar-refractivity contribution in [3.05, 3.63) is 23.8 Å². The molecule has 3 heterocycles. The summed E-state index contributed by atoms with van der Waals surface area (Å²) in [4.78, 5) is 0. The Labute approximate surface area is 168 Å². The van der Waals surface area contributed by atoms with Gasteiger partial charge in [0.2, 0.25) is 11.7 Å². The Morgan fingerprint density at radius 3 is 2.48 bits per heavy atom. The number of fused-ring (bicyclic) bond motifs is 2. The van der Waals surface area contributed by atoms with Gasteiger partial charge >= 0.3 is 0 Å². The van der Waals surface area contributed by atoms with E-state index in [1.54, 1.807) is 18.2 Å². The number of benzene rings is 1. The van der Waals surface area contributed by atoms with Crippen molar-refractivity contribution in [3.8, 4) is 29.7 Å². The smallest absolute Gasteiger partial charge is 0.218 e. The second-order valence-electron chi connectivity index (χ2n) is 7.60. The highest BCUT2D eigenvalue weighted by molar-refractivity contribution is 5.89. The fourth-order valence-electron chi connectivity index (χ4n) is 5.16. The topological polar surface area (TPSA) is 132 Å². The van der Waals surface area contributed by atoms with Crippen LogP contribution < -0.4 is 9.47 Å². The molecule has 4 fully saturated rings. The van der Waals surface area contributed by atoms with Crippen LogP contribution in [0.3, 0.4) is 0 Å². The van der Waals surface area contributed by atoms with Crippen molar-refractivity contribution >= 4 is 5.90 Å². The summed E-state index contributed by atoms with van der Waals surface area (Å²) in [7, 11) is 2.99. The molecule has 4 atom stereocenters. The zero-order valence-corrected chi connectivity index (χ0v) is 16.2. The zero-order chi connectivity index (χ0) is 20.9. The summed E-state index contributed by atoms with van der Waals surface area (Å²) in [6, 6.07) is 11.4. The molecule has 4 aliphatic rings. The van der Waals surface area contributed by atoms with Gasteiger partial charge in [0.15, 0.2) is 10.8 Å². The van der Waals surface area contributed by atoms with Gasteiger partial charge in [0.1, 0.15) is 17.6 Å². The van der Waals surface area contributed by atoms with Crippen LogP contribution in [0.15, 0.2) is 18.2 Å². The van der Waals surface area contributed by atoms with Gasteiger partial charge < -0.3 is 18.9 Å². The first-order valence-electron chi connectivity index (χ1n) is 9.40. The van der Waals surface area contributed by atoms with Gasteiger partial charge in [-0.3, -0.25) is 5.41 Å². The third-order valence-corrected chi connectivity index (χ3v) is 6.54. The summed E-state index contributed by atoms with van der Waals surface area (Å²) < 4.78 is 23.1. The van der Waals surface area contributed by atoms with Crippen LogP contribution in [0.1, 0.15) is 37.4 Å². The Morgan fingerprint density at radius 2 is 1.86 bits per heavy atom. The molecule has 1 aromatic carbocycles. The monoisotopic (exact) mass is 392 g/mol. The Bertz CT molecular complexity index is 989. The molecule has 1 saturated carbocycles. The lowest BCUT2D eigenvalue weighted by atomic mass is 9.48. The molecule has 5 rings (SSSR count). The molecule has 3 aliphatic heterocycles. The number of hydrogen-bond acceptors (Lipinski definition) is 8. The molecule has 8 heteroatoms. The maximum absolute atomic E-state index is 10.3. The molecule has 3 saturated heterocycles. The molecular formula is C21H20N4O4. The van der Waals surface area contributed by atoms with Crippen LogP contribution in [0.4, 0.5) is 0 Å². The molecule has 0 radical (unpaired) electrons. The molecule has 0 aromatic heterocycles. The van der Waals surface area contributed by atoms with Crippen molar-refractivity contribution in [1.29, 1.82) is 21.2 Å². The molecule has 1 spiro atoms. The summed E-state index contributed by atoms with van der Waals surface area (Å²) in [5.41, 5.74) is -3.27. The van der Waals surface area contributed by atoms with Gasteiger partial charge in [-0.05, 0) is 31.0 Å². The second-order valence-corrected chi connectivity index (χ2v) is 7.60. The minimum Gasteiger partial charge on any atom is -0.497 e. The van der Waals surface area contributed by atoms with Crippen molar-refractivity contribution in [2.24, 2.45) is 16.7 Å². The van der Waals surface area contributed by atoms with E-state index in [-0.39, 0.29) is 0 Å². The average Bonchev–Trinajstić information content (AvgIpc) is 2.76. The first kappa shape index (κ1) is 19.1. The van der Waals surface area contributed by atoms with Crippen LogP contribution in [0.5, 0.6) is 11.5 Å². The molecule has 8 nitrogen and oxygen atoms in total. The normalized spacial score (nSPS) is 34.0. The number of nitrogens with one attached hydrogen (secondary N) is 1. The lowest BCUT2D eigenvalue weighted by molar-refractivity contribution is -0.360. The maximum atomic E-state index is 10.3. The van der Waals surface area contributed by atoms with Crippen molar-refractivity contribution < 1.29 is 18.9 Å². The van der Waals surface area contributed by atoms with Gasteiger partial charge in [0.25, 0.3) is 0 Å². The molecule has 0 unspecified atom stereocenters. The summed E-state index contributed by atoms with van der Waals surface area (Å²) >= 11 is 0. The van der Waals surface area contributed by atoms with Gasteiger partial charge in [-0.1, -0.05) is 6.42 Å². The van der Waals surface area contributed by atoms with Crippen LogP contribution in [0.25, 0.3) is 0 Å². The van der Waals surface area contributed by atoms with E-state index in [9.17, 15) is 15.8 Å². The van der Waals surface area contributed by atoms with Crippen molar-refractivity contribution in [2.75, 3.05) is 14.2 Å². The van der Waals surface area contributed by atoms with Gasteiger partial charge in [0.05, 0.1) is 38.3 Å². The average molecular weight is 392 g/mol. The largest absolute Gasteiger partial charge is 0.497 e. The van der Waals surface area contributed by atoms with E-state index < -0.39 is 34.5 Å². The summed E-state index contributed by atoms with van der Waals surface area (Å²) in [5, 5.41) is 39.4. The van der Waals surface area contributed by atoms with Crippen molar-refractivity contribution in [2.45, 2.75) is 37.6 Å². The lowest BCUT2D eigenvalue weighted by Gasteiger charge is -2.63. The first-order valence-corrected chi connectivity index (χ1v) is 9.40. The fourth-order valence-corrected chi connectivity index (χ4v) is 5.16. The van der Waals surface area contributed by atoms with Crippen LogP contribution >= 0.6 is 0 Å². The highest BCUT2D eigenvalue weighted by Gasteiger charge is 2.80. The van der Waals surface area contributed by atoms with E-state index in [0.29, 0.717) is 29.9 Å². The molecule has 1 aromatic rings. The molecule has 2 bridgehead atoms. The Balaban J connectivity index is 2.03. The first-order chi connectivity index (χ1) is 14.0. The maximum Gasteiger partial charge on any atom is 0.218 e. The minimum atomic E-state index is -1.93. The standard InChI is InChI=1S/C21H20N4O4/c1-26-13-6-7-15(27-2)14(9-13)17-20(12-24)18(25)29-21(28-17)8-4-3-5-16(21)19(20,10-22)11-23/h6-7,9,16-17,25H,3-5,8H2,1-2H3/t16-,17-,20+,21-/m1/s1. The van der Waals surface area contributed by atoms with E-state index >= 15 is 0 Å². The summed E-state index contributed by atoms with van der Waals surface area (Å²) in [5.74, 6) is -1.40. The third-order valence-electron chi connectivity index (χ3n) is 6.54. The van der Waals surface area contributed by atoms with E-state index in [2.05, 4.69) is 18.2 Å². The molecule has 1 N–H and O–H groups in total. The molecular weight excluding hydrogens is 372 g/mol. The number of nitrogens with zero attached hydrogens (tertiary/aromatic N) is 3. The van der Waals surface area contributed by atoms with Crippen LogP contribution in [-0.2, 0) is 9.47 Å². The third kappa shape index (κ3) is 2.11. The number of ether oxygens (including phenoxy) is 4. The highest BCUT2D eigenvalue weighted by Crippen LogP contribution is 2.69. The zero-order valence-electron chi connectivity index (χ0n) is 16.2. The molecule has 0 amide bonds. The van der Waals surface area contributed by atoms with E-state index in [0.717, 1.165) is 12.8 Å². The highest BCUT2D eigenvalue weighted by atomic mass is 16.7. The fraction of sp³-hybridized carbons (Fsp3) is 0.524. The van der Waals surface area contributed by atoms with Gasteiger partial charge in [0, 0.05) is 12.0 Å². The van der Waals surface area contributed by atoms with Gasteiger partial charge in [-0.25, -0.2) is 0 Å². The Kier molecular flexibility index (Phi) is 4.19. The minimum absolute atomic E-state index is 0.401. The predicted molar refractivity (Wildman–Crippen MR) is 98.6 cm³/mol. The van der Waals surface area contributed by atoms with Crippen molar-refractivity contribution in [3.63, 3.8) is 0 Å². The quantitative estimate of drug-likeness (QED) is 0.835. The predicted octanol–water partition coefficient (Wildman–Crippen LogP) is 3.21.